The Morgan fingerprint density at radius 2 is 2.15 bits per heavy atom. The number of aromatic nitrogens is 3. The first-order chi connectivity index (χ1) is 16.3. The molecule has 1 saturated heterocycles. The van der Waals surface area contributed by atoms with Crippen molar-refractivity contribution in [3.63, 3.8) is 0 Å². The molecule has 1 aliphatic rings. The molecular formula is C25H30N6O3. The van der Waals surface area contributed by atoms with E-state index < -0.39 is 11.7 Å². The molecule has 0 aromatic carbocycles. The van der Waals surface area contributed by atoms with E-state index in [2.05, 4.69) is 21.4 Å². The number of amides is 1. The minimum atomic E-state index is -0.526. The maximum absolute atomic E-state index is 12.2. The third-order valence-corrected chi connectivity index (χ3v) is 5.54. The lowest BCUT2D eigenvalue weighted by atomic mass is 10.0. The van der Waals surface area contributed by atoms with E-state index in [0.717, 1.165) is 41.8 Å². The highest BCUT2D eigenvalue weighted by Gasteiger charge is 2.25. The van der Waals surface area contributed by atoms with E-state index in [1.807, 2.05) is 45.9 Å². The number of pyridine rings is 2. The fraction of sp³-hybridized carbons (Fsp3) is 0.440. The zero-order valence-corrected chi connectivity index (χ0v) is 20.0. The number of fused-ring (bicyclic) bond motifs is 1. The quantitative estimate of drug-likeness (QED) is 0.607. The smallest absolute Gasteiger partial charge is 0.407 e. The second-order valence-corrected chi connectivity index (χ2v) is 9.32. The van der Waals surface area contributed by atoms with Crippen molar-refractivity contribution in [2.24, 2.45) is 0 Å². The number of alkyl carbamates (subject to hydrolysis) is 1. The first-order valence-electron chi connectivity index (χ1n) is 11.5. The lowest BCUT2D eigenvalue weighted by molar-refractivity contribution is 0.0500. The van der Waals surface area contributed by atoms with Gasteiger partial charge in [-0.3, -0.25) is 0 Å². The van der Waals surface area contributed by atoms with Crippen molar-refractivity contribution < 1.29 is 14.3 Å². The molecule has 1 fully saturated rings. The maximum Gasteiger partial charge on any atom is 0.407 e. The number of carbonyl (C=O) groups excluding carboxylic acids is 1. The van der Waals surface area contributed by atoms with Crippen LogP contribution < -0.4 is 15.0 Å². The monoisotopic (exact) mass is 462 g/mol. The van der Waals surface area contributed by atoms with Gasteiger partial charge in [-0.05, 0) is 58.7 Å². The fourth-order valence-electron chi connectivity index (χ4n) is 4.15. The highest BCUT2D eigenvalue weighted by atomic mass is 16.6. The molecule has 9 heteroatoms. The van der Waals surface area contributed by atoms with Crippen LogP contribution in [0, 0.1) is 11.3 Å². The summed E-state index contributed by atoms with van der Waals surface area (Å²) in [6.45, 7) is 9.54. The van der Waals surface area contributed by atoms with E-state index in [4.69, 9.17) is 14.5 Å². The summed E-state index contributed by atoms with van der Waals surface area (Å²) in [5.41, 5.74) is 2.39. The van der Waals surface area contributed by atoms with Crippen LogP contribution in [0.3, 0.4) is 0 Å². The van der Waals surface area contributed by atoms with Crippen LogP contribution in [-0.4, -0.2) is 52.0 Å². The van der Waals surface area contributed by atoms with Gasteiger partial charge in [0, 0.05) is 36.5 Å². The van der Waals surface area contributed by atoms with Crippen LogP contribution in [0.5, 0.6) is 5.75 Å². The molecule has 0 radical (unpaired) electrons. The Kier molecular flexibility index (Phi) is 6.59. The summed E-state index contributed by atoms with van der Waals surface area (Å²) in [6, 6.07) is 8.09. The zero-order chi connectivity index (χ0) is 24.3. The highest BCUT2D eigenvalue weighted by Crippen LogP contribution is 2.31. The average Bonchev–Trinajstić information content (AvgIpc) is 3.21. The van der Waals surface area contributed by atoms with Gasteiger partial charge in [-0.25, -0.2) is 14.3 Å². The van der Waals surface area contributed by atoms with Gasteiger partial charge in [0.15, 0.2) is 0 Å². The van der Waals surface area contributed by atoms with E-state index in [1.165, 1.54) is 0 Å². The molecule has 1 atom stereocenters. The van der Waals surface area contributed by atoms with Crippen LogP contribution in [0.2, 0.25) is 0 Å². The highest BCUT2D eigenvalue weighted by molar-refractivity contribution is 5.85. The van der Waals surface area contributed by atoms with Gasteiger partial charge in [0.05, 0.1) is 30.1 Å². The summed E-state index contributed by atoms with van der Waals surface area (Å²) in [7, 11) is 0. The molecule has 34 heavy (non-hydrogen) atoms. The molecule has 0 bridgehead atoms. The van der Waals surface area contributed by atoms with Gasteiger partial charge < -0.3 is 19.7 Å². The number of piperidine rings is 1. The molecular weight excluding hydrogens is 432 g/mol. The first kappa shape index (κ1) is 23.4. The second kappa shape index (κ2) is 9.59. The topological polar surface area (TPSA) is 105 Å². The van der Waals surface area contributed by atoms with Gasteiger partial charge in [-0.2, -0.15) is 10.4 Å². The standard InChI is InChI=1S/C25H30N6O3/c1-5-33-20-11-21(23-18(12-26)14-28-31(23)16-20)17-8-9-22(27-13-17)30-10-6-7-19(15-30)29-24(32)34-25(2,3)4/h8-9,11,13-14,16,19H,5-7,10,15H2,1-4H3,(H,29,32)/t19-/m1/s1. The third-order valence-electron chi connectivity index (χ3n) is 5.54. The third kappa shape index (κ3) is 5.22. The van der Waals surface area contributed by atoms with Crippen LogP contribution >= 0.6 is 0 Å². The van der Waals surface area contributed by atoms with Crippen LogP contribution in [0.4, 0.5) is 10.6 Å². The molecule has 3 aromatic rings. The predicted molar refractivity (Wildman–Crippen MR) is 129 cm³/mol. The normalized spacial score (nSPS) is 16.2. The van der Waals surface area contributed by atoms with E-state index in [-0.39, 0.29) is 6.04 Å². The predicted octanol–water partition coefficient (Wildman–Crippen LogP) is 4.16. The lowest BCUT2D eigenvalue weighted by Crippen LogP contribution is -2.49. The molecule has 4 rings (SSSR count). The number of carbonyl (C=O) groups is 1. The summed E-state index contributed by atoms with van der Waals surface area (Å²) >= 11 is 0. The number of nitrogens with one attached hydrogen (secondary N) is 1. The largest absolute Gasteiger partial charge is 0.492 e. The SMILES string of the molecule is CCOc1cc(-c2ccc(N3CCC[C@@H](NC(=O)OC(C)(C)C)C3)nc2)c2c(C#N)cnn2c1. The van der Waals surface area contributed by atoms with Crippen LogP contribution in [0.15, 0.2) is 36.8 Å². The average molecular weight is 463 g/mol. The molecule has 4 heterocycles. The van der Waals surface area contributed by atoms with Gasteiger partial charge in [0.25, 0.3) is 0 Å². The van der Waals surface area contributed by atoms with Crippen LogP contribution in [0.1, 0.15) is 46.1 Å². The number of hydrogen-bond donors (Lipinski definition) is 1. The van der Waals surface area contributed by atoms with Gasteiger partial charge in [0.1, 0.15) is 23.2 Å². The Labute approximate surface area is 199 Å². The maximum atomic E-state index is 12.2. The van der Waals surface area contributed by atoms with Crippen molar-refractivity contribution in [1.29, 1.82) is 5.26 Å². The summed E-state index contributed by atoms with van der Waals surface area (Å²) in [4.78, 5) is 19.0. The van der Waals surface area contributed by atoms with Crippen molar-refractivity contribution in [2.45, 2.75) is 52.2 Å². The summed E-state index contributed by atoms with van der Waals surface area (Å²) in [5.74, 6) is 1.51. The number of nitrogens with zero attached hydrogens (tertiary/aromatic N) is 5. The molecule has 178 valence electrons. The molecule has 0 aliphatic carbocycles. The van der Waals surface area contributed by atoms with Gasteiger partial charge >= 0.3 is 6.09 Å². The molecule has 0 saturated carbocycles. The number of hydrogen-bond acceptors (Lipinski definition) is 7. The Balaban J connectivity index is 1.54. The van der Waals surface area contributed by atoms with Crippen molar-refractivity contribution in [3.8, 4) is 22.9 Å². The number of nitriles is 1. The summed E-state index contributed by atoms with van der Waals surface area (Å²) in [5, 5.41) is 16.8. The van der Waals surface area contributed by atoms with Crippen LogP contribution in [-0.2, 0) is 4.74 Å². The second-order valence-electron chi connectivity index (χ2n) is 9.32. The zero-order valence-electron chi connectivity index (χ0n) is 20.0. The number of ether oxygens (including phenoxy) is 2. The van der Waals surface area contributed by atoms with Crippen molar-refractivity contribution >= 4 is 17.4 Å². The van der Waals surface area contributed by atoms with Crippen molar-refractivity contribution in [2.75, 3.05) is 24.6 Å². The lowest BCUT2D eigenvalue weighted by Gasteiger charge is -2.34. The first-order valence-corrected chi connectivity index (χ1v) is 11.5. The molecule has 3 aromatic heterocycles. The van der Waals surface area contributed by atoms with Gasteiger partial charge in [-0.15, -0.1) is 0 Å². The molecule has 1 aliphatic heterocycles. The summed E-state index contributed by atoms with van der Waals surface area (Å²) < 4.78 is 12.8. The van der Waals surface area contributed by atoms with Crippen molar-refractivity contribution in [1.82, 2.24) is 19.9 Å². The number of rotatable bonds is 5. The Bertz CT molecular complexity index is 1210. The van der Waals surface area contributed by atoms with E-state index in [9.17, 15) is 10.1 Å². The van der Waals surface area contributed by atoms with Gasteiger partial charge in [0.2, 0.25) is 0 Å². The minimum Gasteiger partial charge on any atom is -0.492 e. The van der Waals surface area contributed by atoms with Crippen molar-refractivity contribution in [3.05, 3.63) is 42.4 Å². The minimum absolute atomic E-state index is 0.00226. The molecule has 1 N–H and O–H groups in total. The van der Waals surface area contributed by atoms with Crippen LogP contribution in [0.25, 0.3) is 16.6 Å². The Morgan fingerprint density at radius 3 is 2.82 bits per heavy atom. The molecule has 9 nitrogen and oxygen atoms in total. The van der Waals surface area contributed by atoms with E-state index in [0.29, 0.717) is 24.5 Å². The van der Waals surface area contributed by atoms with E-state index >= 15 is 0 Å². The van der Waals surface area contributed by atoms with E-state index in [1.54, 1.807) is 23.1 Å². The van der Waals surface area contributed by atoms with Gasteiger partial charge in [-0.1, -0.05) is 0 Å². The fourth-order valence-corrected chi connectivity index (χ4v) is 4.15. The molecule has 1 amide bonds. The summed E-state index contributed by atoms with van der Waals surface area (Å²) in [6.07, 6.45) is 6.59. The Hall–Kier alpha value is -3.80. The Morgan fingerprint density at radius 1 is 1.32 bits per heavy atom. The number of anilines is 1. The molecule has 0 spiro atoms. The molecule has 0 unspecified atom stereocenters.